The number of aryl methyl sites for hydroxylation is 2. The van der Waals surface area contributed by atoms with Gasteiger partial charge in [-0.3, -0.25) is 0 Å². The van der Waals surface area contributed by atoms with Crippen LogP contribution in [0.3, 0.4) is 0 Å². The first-order valence-electron chi connectivity index (χ1n) is 10.1. The minimum atomic E-state index is -1.52. The lowest BCUT2D eigenvalue weighted by atomic mass is 10.1. The van der Waals surface area contributed by atoms with E-state index in [4.69, 9.17) is 27.9 Å². The van der Waals surface area contributed by atoms with Crippen LogP contribution in [0.15, 0.2) is 46.2 Å². The molecule has 32 heavy (non-hydrogen) atoms. The Morgan fingerprint density at radius 2 is 1.69 bits per heavy atom. The molecule has 0 fully saturated rings. The number of nitrogens with zero attached hydrogens (tertiary/aromatic N) is 1. The van der Waals surface area contributed by atoms with Crippen LogP contribution in [0.25, 0.3) is 0 Å². The highest BCUT2D eigenvalue weighted by Gasteiger charge is 2.30. The second kappa shape index (κ2) is 10.2. The number of aromatic carboxylic acids is 1. The van der Waals surface area contributed by atoms with Crippen LogP contribution in [0.2, 0.25) is 10.0 Å². The van der Waals surface area contributed by atoms with Gasteiger partial charge in [0.15, 0.2) is 9.79 Å². The van der Waals surface area contributed by atoms with Crippen LogP contribution in [-0.2, 0) is 17.7 Å². The van der Waals surface area contributed by atoms with Crippen LogP contribution in [0, 0.1) is 27.7 Å². The smallest absolute Gasteiger partial charge is 0.352 e. The summed E-state index contributed by atoms with van der Waals surface area (Å²) < 4.78 is 20.8. The van der Waals surface area contributed by atoms with E-state index in [1.54, 1.807) is 42.7 Å². The van der Waals surface area contributed by atoms with Crippen molar-refractivity contribution in [2.75, 3.05) is 6.61 Å². The quantitative estimate of drug-likeness (QED) is 0.292. The van der Waals surface area contributed by atoms with E-state index in [2.05, 4.69) is 0 Å². The number of carboxylic acids is 1. The molecule has 1 unspecified atom stereocenters. The highest BCUT2D eigenvalue weighted by atomic mass is 35.5. The maximum atomic E-state index is 13.2. The van der Waals surface area contributed by atoms with Gasteiger partial charge in [-0.25, -0.2) is 4.79 Å². The summed E-state index contributed by atoms with van der Waals surface area (Å²) in [5.41, 5.74) is 3.22. The SMILES string of the molecule is Cc1cc(OCCCn2c(C)c([S+]([O-])c3ccc(Cl)cc3)c(C)c2C(=O)O)cc(C)c1Cl. The Morgan fingerprint density at radius 1 is 1.09 bits per heavy atom. The predicted octanol–water partition coefficient (Wildman–Crippen LogP) is 6.36. The molecule has 3 aromatic rings. The molecular weight excluding hydrogens is 469 g/mol. The van der Waals surface area contributed by atoms with Gasteiger partial charge in [-0.1, -0.05) is 23.2 Å². The lowest BCUT2D eigenvalue weighted by Gasteiger charge is -2.13. The second-order valence-electron chi connectivity index (χ2n) is 7.64. The average molecular weight is 494 g/mol. The number of hydrogen-bond donors (Lipinski definition) is 1. The zero-order chi connectivity index (χ0) is 23.6. The van der Waals surface area contributed by atoms with E-state index in [1.165, 1.54) is 0 Å². The van der Waals surface area contributed by atoms with Gasteiger partial charge in [0.2, 0.25) is 0 Å². The maximum Gasteiger partial charge on any atom is 0.352 e. The molecular formula is C24H25Cl2NO4S. The van der Waals surface area contributed by atoms with Crippen LogP contribution in [0.5, 0.6) is 5.75 Å². The van der Waals surface area contributed by atoms with Gasteiger partial charge >= 0.3 is 5.97 Å². The Morgan fingerprint density at radius 3 is 2.25 bits per heavy atom. The number of aromatic nitrogens is 1. The first kappa shape index (κ1) is 24.5. The van der Waals surface area contributed by atoms with E-state index in [9.17, 15) is 14.5 Å². The van der Waals surface area contributed by atoms with Crippen molar-refractivity contribution in [3.05, 3.63) is 74.5 Å². The summed E-state index contributed by atoms with van der Waals surface area (Å²) in [6.45, 7) is 8.19. The molecule has 0 aliphatic heterocycles. The first-order chi connectivity index (χ1) is 15.1. The van der Waals surface area contributed by atoms with Crippen LogP contribution in [-0.4, -0.2) is 26.8 Å². The number of carboxylic acid groups (broad SMARTS) is 1. The molecule has 0 aliphatic rings. The third-order valence-corrected chi connectivity index (χ3v) is 7.84. The number of carbonyl (C=O) groups is 1. The number of benzene rings is 2. The van der Waals surface area contributed by atoms with E-state index < -0.39 is 17.1 Å². The molecule has 1 N–H and O–H groups in total. The Balaban J connectivity index is 1.79. The Labute approximate surface area is 201 Å². The molecule has 0 bridgehead atoms. The summed E-state index contributed by atoms with van der Waals surface area (Å²) in [4.78, 5) is 13.1. The number of rotatable bonds is 8. The molecule has 0 aliphatic carbocycles. The zero-order valence-corrected chi connectivity index (χ0v) is 20.7. The van der Waals surface area contributed by atoms with Crippen molar-refractivity contribution in [2.24, 2.45) is 0 Å². The normalized spacial score (nSPS) is 12.1. The van der Waals surface area contributed by atoms with Crippen LogP contribution >= 0.6 is 23.2 Å². The third-order valence-electron chi connectivity index (χ3n) is 5.32. The summed E-state index contributed by atoms with van der Waals surface area (Å²) in [6.07, 6.45) is 0.586. The summed E-state index contributed by atoms with van der Waals surface area (Å²) >= 11 is 10.6. The van der Waals surface area contributed by atoms with Gasteiger partial charge in [-0.15, -0.1) is 0 Å². The highest BCUT2D eigenvalue weighted by Crippen LogP contribution is 2.32. The number of halogens is 2. The molecule has 1 heterocycles. The Hall–Kier alpha value is -2.12. The molecule has 8 heteroatoms. The van der Waals surface area contributed by atoms with Crippen molar-refractivity contribution in [1.82, 2.24) is 4.57 Å². The summed E-state index contributed by atoms with van der Waals surface area (Å²) in [6, 6.07) is 10.5. The van der Waals surface area contributed by atoms with E-state index in [0.717, 1.165) is 21.9 Å². The monoisotopic (exact) mass is 493 g/mol. The molecule has 3 rings (SSSR count). The topological polar surface area (TPSA) is 74.5 Å². The van der Waals surface area contributed by atoms with Crippen LogP contribution in [0.1, 0.15) is 39.3 Å². The van der Waals surface area contributed by atoms with Gasteiger partial charge in [0.1, 0.15) is 11.4 Å². The third kappa shape index (κ3) is 5.09. The fourth-order valence-corrected chi connectivity index (χ4v) is 5.39. The Bertz CT molecular complexity index is 1120. The number of hydrogen-bond acceptors (Lipinski definition) is 3. The van der Waals surface area contributed by atoms with Crippen molar-refractivity contribution in [3.8, 4) is 5.75 Å². The zero-order valence-electron chi connectivity index (χ0n) is 18.4. The molecule has 0 amide bonds. The summed E-state index contributed by atoms with van der Waals surface area (Å²) in [5.74, 6) is -0.317. The molecule has 0 spiro atoms. The number of ether oxygens (including phenoxy) is 1. The van der Waals surface area contributed by atoms with Gasteiger partial charge in [0.05, 0.1) is 12.3 Å². The van der Waals surface area contributed by atoms with Gasteiger partial charge in [-0.2, -0.15) is 0 Å². The van der Waals surface area contributed by atoms with Crippen LogP contribution < -0.4 is 4.74 Å². The van der Waals surface area contributed by atoms with E-state index in [1.807, 2.05) is 26.0 Å². The molecule has 1 aromatic heterocycles. The Kier molecular flexibility index (Phi) is 7.83. The molecule has 0 saturated heterocycles. The maximum absolute atomic E-state index is 13.2. The predicted molar refractivity (Wildman–Crippen MR) is 128 cm³/mol. The van der Waals surface area contributed by atoms with E-state index >= 15 is 0 Å². The van der Waals surface area contributed by atoms with Crippen molar-refractivity contribution in [3.63, 3.8) is 0 Å². The fraction of sp³-hybridized carbons (Fsp3) is 0.292. The average Bonchev–Trinajstić information content (AvgIpc) is 2.99. The lowest BCUT2D eigenvalue weighted by Crippen LogP contribution is -2.13. The molecule has 1 atom stereocenters. The molecule has 170 valence electrons. The van der Waals surface area contributed by atoms with E-state index in [0.29, 0.717) is 45.6 Å². The molecule has 5 nitrogen and oxygen atoms in total. The molecule has 2 aromatic carbocycles. The fourth-order valence-electron chi connectivity index (χ4n) is 3.78. The van der Waals surface area contributed by atoms with Crippen molar-refractivity contribution < 1.29 is 19.2 Å². The van der Waals surface area contributed by atoms with Gasteiger partial charge < -0.3 is 19.0 Å². The van der Waals surface area contributed by atoms with Crippen LogP contribution in [0.4, 0.5) is 0 Å². The van der Waals surface area contributed by atoms with Gasteiger partial charge in [0, 0.05) is 33.3 Å². The molecule has 0 saturated carbocycles. The van der Waals surface area contributed by atoms with Crippen molar-refractivity contribution >= 4 is 40.3 Å². The highest BCUT2D eigenvalue weighted by molar-refractivity contribution is 7.91. The van der Waals surface area contributed by atoms with Gasteiger partial charge in [-0.05, 0) is 81.6 Å². The standard InChI is InChI=1S/C24H25Cl2NO4S/c1-14-12-19(13-15(2)21(14)26)31-11-5-10-27-17(4)23(16(3)22(27)24(28)29)32(30)20-8-6-18(25)7-9-20/h6-9,12-13H,5,10-11H2,1-4H3,(H,28,29). The summed E-state index contributed by atoms with van der Waals surface area (Å²) in [7, 11) is 0. The first-order valence-corrected chi connectivity index (χ1v) is 12.0. The van der Waals surface area contributed by atoms with Crippen molar-refractivity contribution in [1.29, 1.82) is 0 Å². The lowest BCUT2D eigenvalue weighted by molar-refractivity contribution is 0.0683. The minimum absolute atomic E-state index is 0.151. The summed E-state index contributed by atoms with van der Waals surface area (Å²) in [5, 5.41) is 11.1. The van der Waals surface area contributed by atoms with Crippen molar-refractivity contribution in [2.45, 2.75) is 50.5 Å². The van der Waals surface area contributed by atoms with Gasteiger partial charge in [0.25, 0.3) is 0 Å². The minimum Gasteiger partial charge on any atom is -0.606 e. The second-order valence-corrected chi connectivity index (χ2v) is 9.87. The molecule has 0 radical (unpaired) electrons. The largest absolute Gasteiger partial charge is 0.606 e. The van der Waals surface area contributed by atoms with E-state index in [-0.39, 0.29) is 5.69 Å².